The van der Waals surface area contributed by atoms with E-state index >= 15 is 0 Å². The van der Waals surface area contributed by atoms with E-state index in [0.29, 0.717) is 5.82 Å². The molecule has 28 heavy (non-hydrogen) atoms. The molecular formula is C22H24N6. The van der Waals surface area contributed by atoms with E-state index in [-0.39, 0.29) is 0 Å². The summed E-state index contributed by atoms with van der Waals surface area (Å²) in [4.78, 5) is 7.35. The smallest absolute Gasteiger partial charge is 0.197 e. The third-order valence-electron chi connectivity index (χ3n) is 4.93. The predicted octanol–water partition coefficient (Wildman–Crippen LogP) is 3.60. The third kappa shape index (κ3) is 4.58. The van der Waals surface area contributed by atoms with Crippen molar-refractivity contribution >= 4 is 17.7 Å². The first-order valence-electron chi connectivity index (χ1n) is 9.66. The maximum atomic E-state index is 4.86. The lowest BCUT2D eigenvalue weighted by Crippen LogP contribution is -2.19. The van der Waals surface area contributed by atoms with E-state index in [1.165, 1.54) is 42.6 Å². The maximum absolute atomic E-state index is 4.86. The van der Waals surface area contributed by atoms with Crippen LogP contribution in [0.1, 0.15) is 41.2 Å². The average Bonchev–Trinajstić information content (AvgIpc) is 3.42. The largest absolute Gasteiger partial charge is 0.300 e. The zero-order valence-corrected chi connectivity index (χ0v) is 16.0. The van der Waals surface area contributed by atoms with Crippen molar-refractivity contribution in [2.75, 3.05) is 19.6 Å². The van der Waals surface area contributed by atoms with Crippen LogP contribution in [0.25, 0.3) is 17.7 Å². The Labute approximate surface area is 165 Å². The summed E-state index contributed by atoms with van der Waals surface area (Å²) < 4.78 is 0. The predicted molar refractivity (Wildman–Crippen MR) is 111 cm³/mol. The number of benzene rings is 1. The lowest BCUT2D eigenvalue weighted by Gasteiger charge is -2.14. The Kier molecular flexibility index (Phi) is 5.68. The number of aromatic amines is 1. The molecule has 0 aliphatic carbocycles. The van der Waals surface area contributed by atoms with Crippen molar-refractivity contribution in [1.29, 1.82) is 0 Å². The van der Waals surface area contributed by atoms with Gasteiger partial charge in [-0.2, -0.15) is 5.21 Å². The van der Waals surface area contributed by atoms with Gasteiger partial charge < -0.3 is 0 Å². The van der Waals surface area contributed by atoms with Crippen molar-refractivity contribution in [3.63, 3.8) is 0 Å². The molecule has 1 aromatic carbocycles. The highest BCUT2D eigenvalue weighted by atomic mass is 15.5. The second-order valence-corrected chi connectivity index (χ2v) is 7.04. The minimum atomic E-state index is 0.538. The van der Waals surface area contributed by atoms with Gasteiger partial charge in [-0.15, -0.1) is 10.2 Å². The van der Waals surface area contributed by atoms with E-state index in [1.54, 1.807) is 6.08 Å². The van der Waals surface area contributed by atoms with E-state index in [4.69, 9.17) is 4.98 Å². The highest BCUT2D eigenvalue weighted by Gasteiger charge is 2.12. The molecule has 0 bridgehead atoms. The molecule has 1 saturated heterocycles. The highest BCUT2D eigenvalue weighted by molar-refractivity contribution is 5.79. The van der Waals surface area contributed by atoms with Crippen molar-refractivity contribution in [2.45, 2.75) is 19.8 Å². The van der Waals surface area contributed by atoms with Crippen LogP contribution in [-0.2, 0) is 0 Å². The van der Waals surface area contributed by atoms with Crippen LogP contribution in [0.2, 0.25) is 0 Å². The second-order valence-electron chi connectivity index (χ2n) is 7.04. The van der Waals surface area contributed by atoms with E-state index in [9.17, 15) is 0 Å². The van der Waals surface area contributed by atoms with Crippen molar-refractivity contribution < 1.29 is 0 Å². The molecule has 0 radical (unpaired) electrons. The van der Waals surface area contributed by atoms with Gasteiger partial charge in [0, 0.05) is 12.1 Å². The molecule has 0 atom stereocenters. The first-order chi connectivity index (χ1) is 13.8. The molecule has 2 aromatic heterocycles. The highest BCUT2D eigenvalue weighted by Crippen LogP contribution is 2.23. The fourth-order valence-electron chi connectivity index (χ4n) is 3.38. The molecule has 0 spiro atoms. The number of tetrazole rings is 1. The Morgan fingerprint density at radius 3 is 2.64 bits per heavy atom. The first kappa shape index (κ1) is 18.3. The number of hydrogen-bond acceptors (Lipinski definition) is 5. The number of rotatable bonds is 6. The monoisotopic (exact) mass is 372 g/mol. The summed E-state index contributed by atoms with van der Waals surface area (Å²) in [6, 6.07) is 14.7. The zero-order chi connectivity index (χ0) is 19.2. The van der Waals surface area contributed by atoms with Gasteiger partial charge in [-0.25, -0.2) is 4.98 Å². The van der Waals surface area contributed by atoms with Crippen LogP contribution in [0.15, 0.2) is 48.5 Å². The molecule has 142 valence electrons. The maximum Gasteiger partial charge on any atom is 0.197 e. The van der Waals surface area contributed by atoms with Gasteiger partial charge in [0.25, 0.3) is 0 Å². The number of nitrogens with one attached hydrogen (secondary N) is 1. The van der Waals surface area contributed by atoms with Gasteiger partial charge >= 0.3 is 0 Å². The van der Waals surface area contributed by atoms with Crippen LogP contribution in [-0.4, -0.2) is 50.1 Å². The van der Waals surface area contributed by atoms with E-state index in [0.717, 1.165) is 17.9 Å². The Morgan fingerprint density at radius 1 is 1.07 bits per heavy atom. The minimum Gasteiger partial charge on any atom is -0.300 e. The molecule has 3 heterocycles. The molecule has 1 aliphatic rings. The summed E-state index contributed by atoms with van der Waals surface area (Å²) in [7, 11) is 0. The lowest BCUT2D eigenvalue weighted by atomic mass is 10.00. The number of nitrogens with zero attached hydrogens (tertiary/aromatic N) is 5. The van der Waals surface area contributed by atoms with Crippen molar-refractivity contribution in [2.24, 2.45) is 0 Å². The van der Waals surface area contributed by atoms with Gasteiger partial charge in [-0.1, -0.05) is 42.0 Å². The Morgan fingerprint density at radius 2 is 1.89 bits per heavy atom. The van der Waals surface area contributed by atoms with Gasteiger partial charge in [0.05, 0.1) is 11.4 Å². The Hall–Kier alpha value is -3.12. The van der Waals surface area contributed by atoms with E-state index in [1.807, 2.05) is 18.2 Å². The van der Waals surface area contributed by atoms with Crippen LogP contribution in [0.3, 0.4) is 0 Å². The Bertz CT molecular complexity index is 951. The van der Waals surface area contributed by atoms with Gasteiger partial charge in [0.15, 0.2) is 5.82 Å². The lowest BCUT2D eigenvalue weighted by molar-refractivity contribution is 0.377. The number of pyridine rings is 1. The fourth-order valence-corrected chi connectivity index (χ4v) is 3.38. The van der Waals surface area contributed by atoms with Gasteiger partial charge in [0.2, 0.25) is 0 Å². The van der Waals surface area contributed by atoms with Crippen LogP contribution in [0.4, 0.5) is 0 Å². The molecule has 3 aromatic rings. The van der Waals surface area contributed by atoms with Gasteiger partial charge in [-0.05, 0) is 67.9 Å². The second kappa shape index (κ2) is 8.71. The molecular weight excluding hydrogens is 348 g/mol. The van der Waals surface area contributed by atoms with Gasteiger partial charge in [0.1, 0.15) is 0 Å². The molecule has 1 N–H and O–H groups in total. The third-order valence-corrected chi connectivity index (χ3v) is 4.93. The number of aryl methyl sites for hydroxylation is 1. The molecule has 1 aliphatic heterocycles. The summed E-state index contributed by atoms with van der Waals surface area (Å²) in [6.07, 6.45) is 8.60. The summed E-state index contributed by atoms with van der Waals surface area (Å²) in [5.41, 5.74) is 5.45. The normalized spacial score (nSPS) is 15.5. The number of H-pyrrole nitrogens is 1. The first-order valence-corrected chi connectivity index (χ1v) is 9.66. The van der Waals surface area contributed by atoms with Crippen LogP contribution >= 0.6 is 0 Å². The number of hydrogen-bond donors (Lipinski definition) is 1. The summed E-state index contributed by atoms with van der Waals surface area (Å²) in [5, 5.41) is 13.9. The van der Waals surface area contributed by atoms with Crippen LogP contribution in [0.5, 0.6) is 0 Å². The summed E-state index contributed by atoms with van der Waals surface area (Å²) in [5.74, 6) is 0.538. The summed E-state index contributed by atoms with van der Waals surface area (Å²) >= 11 is 0. The van der Waals surface area contributed by atoms with Crippen molar-refractivity contribution in [3.8, 4) is 0 Å². The van der Waals surface area contributed by atoms with E-state index in [2.05, 4.69) is 68.9 Å². The Balaban J connectivity index is 1.64. The van der Waals surface area contributed by atoms with Gasteiger partial charge in [-0.3, -0.25) is 4.90 Å². The summed E-state index contributed by atoms with van der Waals surface area (Å²) in [6.45, 7) is 5.42. The van der Waals surface area contributed by atoms with Crippen LogP contribution < -0.4 is 0 Å². The zero-order valence-electron chi connectivity index (χ0n) is 16.0. The van der Waals surface area contributed by atoms with E-state index < -0.39 is 0 Å². The topological polar surface area (TPSA) is 70.6 Å². The molecule has 0 amide bonds. The molecule has 6 heteroatoms. The molecule has 4 rings (SSSR count). The molecule has 1 fully saturated rings. The number of aromatic nitrogens is 5. The minimum absolute atomic E-state index is 0.538. The quantitative estimate of drug-likeness (QED) is 0.716. The molecule has 0 unspecified atom stereocenters. The van der Waals surface area contributed by atoms with Crippen molar-refractivity contribution in [3.05, 3.63) is 76.9 Å². The molecule has 0 saturated carbocycles. The number of likely N-dealkylation sites (tertiary alicyclic amines) is 1. The van der Waals surface area contributed by atoms with Crippen LogP contribution in [0, 0.1) is 6.92 Å². The van der Waals surface area contributed by atoms with Crippen molar-refractivity contribution in [1.82, 2.24) is 30.5 Å². The average molecular weight is 372 g/mol. The fraction of sp³-hybridized carbons (Fsp3) is 0.273. The SMILES string of the molecule is Cc1ccc(/C(=C\CN2CCCC2)c2cccc(/C=C/c3nn[nH]n3)n2)cc1. The standard InChI is InChI=1S/C22H24N6/c1-17-7-9-18(10-8-17)20(13-16-28-14-2-3-15-28)21-6-4-5-19(23-21)11-12-22-24-26-27-25-22/h4-13H,2-3,14-16H2,1H3,(H,24,25,26,27)/b12-11+,20-13+. The molecule has 6 nitrogen and oxygen atoms in total.